The summed E-state index contributed by atoms with van der Waals surface area (Å²) in [4.78, 5) is 24.2. The summed E-state index contributed by atoms with van der Waals surface area (Å²) in [5, 5.41) is 7.61. The number of carbonyl (C=O) groups excluding carboxylic acids is 2. The number of aromatic nitrogens is 2. The first-order chi connectivity index (χ1) is 15.0. The minimum atomic E-state index is -0.347. The van der Waals surface area contributed by atoms with Gasteiger partial charge < -0.3 is 10.1 Å². The number of rotatable bonds is 10. The molecule has 1 unspecified atom stereocenters. The molecule has 1 aromatic heterocycles. The van der Waals surface area contributed by atoms with Crippen LogP contribution in [0.15, 0.2) is 60.7 Å². The second-order valence-electron chi connectivity index (χ2n) is 7.97. The van der Waals surface area contributed by atoms with Crippen molar-refractivity contribution in [3.63, 3.8) is 0 Å². The number of nitrogens with one attached hydrogen (secondary N) is 1. The summed E-state index contributed by atoms with van der Waals surface area (Å²) in [5.74, 6) is -0.00919. The van der Waals surface area contributed by atoms with Gasteiger partial charge in [0.15, 0.2) is 5.82 Å². The standard InChI is InChI=1S/C26H31N3O2/c1-4-6-11-20-12-10-13-22(17-20)24-18-25(27-26(31)21(5-2)16-19(3)30)28-29(24)23-14-8-7-9-15-23/h7-10,12-15,17-18,21H,4-6,11,16H2,1-3H3,(H,27,28,31). The van der Waals surface area contributed by atoms with Crippen LogP contribution >= 0.6 is 0 Å². The largest absolute Gasteiger partial charge is 0.309 e. The summed E-state index contributed by atoms with van der Waals surface area (Å²) in [6.45, 7) is 5.63. The van der Waals surface area contributed by atoms with Crippen LogP contribution in [0.5, 0.6) is 0 Å². The zero-order valence-electron chi connectivity index (χ0n) is 18.6. The molecule has 1 amide bonds. The second-order valence-corrected chi connectivity index (χ2v) is 7.97. The molecule has 0 radical (unpaired) electrons. The number of anilines is 1. The van der Waals surface area contributed by atoms with Crippen molar-refractivity contribution < 1.29 is 9.59 Å². The Kier molecular flexibility index (Phi) is 7.76. The van der Waals surface area contributed by atoms with Crippen LogP contribution < -0.4 is 5.32 Å². The van der Waals surface area contributed by atoms with E-state index >= 15 is 0 Å². The van der Waals surface area contributed by atoms with Gasteiger partial charge in [-0.3, -0.25) is 4.79 Å². The second kappa shape index (κ2) is 10.7. The molecule has 0 aliphatic carbocycles. The van der Waals surface area contributed by atoms with Gasteiger partial charge >= 0.3 is 0 Å². The number of nitrogens with zero attached hydrogens (tertiary/aromatic N) is 2. The molecule has 31 heavy (non-hydrogen) atoms. The van der Waals surface area contributed by atoms with Gasteiger partial charge in [-0.15, -0.1) is 5.10 Å². The van der Waals surface area contributed by atoms with Crippen molar-refractivity contribution in [2.75, 3.05) is 5.32 Å². The molecule has 3 aromatic rings. The predicted molar refractivity (Wildman–Crippen MR) is 125 cm³/mol. The quantitative estimate of drug-likeness (QED) is 0.452. The Morgan fingerprint density at radius 1 is 1.03 bits per heavy atom. The van der Waals surface area contributed by atoms with E-state index in [1.54, 1.807) is 0 Å². The van der Waals surface area contributed by atoms with Crippen molar-refractivity contribution in [2.45, 2.75) is 52.9 Å². The molecule has 1 atom stereocenters. The van der Waals surface area contributed by atoms with Crippen molar-refractivity contribution in [3.05, 3.63) is 66.2 Å². The Morgan fingerprint density at radius 2 is 1.81 bits per heavy atom. The van der Waals surface area contributed by atoms with Crippen molar-refractivity contribution in [1.29, 1.82) is 0 Å². The number of benzene rings is 2. The Labute approximate surface area is 184 Å². The van der Waals surface area contributed by atoms with E-state index in [9.17, 15) is 9.59 Å². The molecule has 3 rings (SSSR count). The number of hydrogen-bond acceptors (Lipinski definition) is 3. The molecule has 0 aliphatic rings. The smallest absolute Gasteiger partial charge is 0.229 e. The Morgan fingerprint density at radius 3 is 2.48 bits per heavy atom. The first-order valence-electron chi connectivity index (χ1n) is 11.1. The van der Waals surface area contributed by atoms with Gasteiger partial charge in [0.25, 0.3) is 0 Å². The van der Waals surface area contributed by atoms with E-state index in [0.29, 0.717) is 12.2 Å². The normalized spacial score (nSPS) is 11.8. The number of amides is 1. The molecule has 0 spiro atoms. The van der Waals surface area contributed by atoms with E-state index < -0.39 is 0 Å². The molecule has 0 fully saturated rings. The summed E-state index contributed by atoms with van der Waals surface area (Å²) in [7, 11) is 0. The van der Waals surface area contributed by atoms with Crippen molar-refractivity contribution in [3.8, 4) is 16.9 Å². The highest BCUT2D eigenvalue weighted by atomic mass is 16.2. The van der Waals surface area contributed by atoms with Gasteiger partial charge in [-0.2, -0.15) is 0 Å². The number of ketones is 1. The average molecular weight is 418 g/mol. The molecular weight excluding hydrogens is 386 g/mol. The van der Waals surface area contributed by atoms with Crippen LogP contribution in [0.25, 0.3) is 16.9 Å². The monoisotopic (exact) mass is 417 g/mol. The molecule has 5 nitrogen and oxygen atoms in total. The maximum atomic E-state index is 12.7. The van der Waals surface area contributed by atoms with Gasteiger partial charge in [0, 0.05) is 24.0 Å². The summed E-state index contributed by atoms with van der Waals surface area (Å²) in [6.07, 6.45) is 4.19. The topological polar surface area (TPSA) is 64.0 Å². The van der Waals surface area contributed by atoms with Gasteiger partial charge in [0.2, 0.25) is 5.91 Å². The summed E-state index contributed by atoms with van der Waals surface area (Å²) in [5.41, 5.74) is 4.19. The molecule has 5 heteroatoms. The van der Waals surface area contributed by atoms with E-state index in [1.165, 1.54) is 12.5 Å². The van der Waals surface area contributed by atoms with E-state index in [1.807, 2.05) is 48.0 Å². The van der Waals surface area contributed by atoms with Crippen molar-refractivity contribution in [2.24, 2.45) is 5.92 Å². The number of unbranched alkanes of at least 4 members (excludes halogenated alkanes) is 1. The van der Waals surface area contributed by atoms with Crippen LogP contribution in [-0.4, -0.2) is 21.5 Å². The van der Waals surface area contributed by atoms with E-state index in [0.717, 1.165) is 36.2 Å². The zero-order valence-corrected chi connectivity index (χ0v) is 18.6. The lowest BCUT2D eigenvalue weighted by molar-refractivity contribution is -0.125. The molecule has 2 aromatic carbocycles. The van der Waals surface area contributed by atoms with Crippen molar-refractivity contribution in [1.82, 2.24) is 9.78 Å². The summed E-state index contributed by atoms with van der Waals surface area (Å²) >= 11 is 0. The van der Waals surface area contributed by atoms with Crippen LogP contribution in [0.4, 0.5) is 5.82 Å². The molecule has 0 bridgehead atoms. The third kappa shape index (κ3) is 5.91. The third-order valence-corrected chi connectivity index (χ3v) is 5.40. The lowest BCUT2D eigenvalue weighted by Gasteiger charge is -2.11. The lowest BCUT2D eigenvalue weighted by atomic mass is 9.99. The first-order valence-corrected chi connectivity index (χ1v) is 11.1. The fraction of sp³-hybridized carbons (Fsp3) is 0.346. The predicted octanol–water partition coefficient (Wildman–Crippen LogP) is 5.83. The highest BCUT2D eigenvalue weighted by molar-refractivity contribution is 5.95. The number of para-hydroxylation sites is 1. The molecule has 0 saturated heterocycles. The lowest BCUT2D eigenvalue weighted by Crippen LogP contribution is -2.24. The van der Waals surface area contributed by atoms with Crippen LogP contribution in [-0.2, 0) is 16.0 Å². The minimum absolute atomic E-state index is 0.0152. The molecular formula is C26H31N3O2. The van der Waals surface area contributed by atoms with Gasteiger partial charge in [-0.25, -0.2) is 4.68 Å². The van der Waals surface area contributed by atoms with E-state index in [2.05, 4.69) is 41.6 Å². The molecule has 0 aliphatic heterocycles. The Bertz CT molecular complexity index is 1020. The van der Waals surface area contributed by atoms with Gasteiger partial charge in [0.05, 0.1) is 11.4 Å². The third-order valence-electron chi connectivity index (χ3n) is 5.40. The van der Waals surface area contributed by atoms with Crippen LogP contribution in [0, 0.1) is 5.92 Å². The number of carbonyl (C=O) groups is 2. The van der Waals surface area contributed by atoms with Crippen LogP contribution in [0.3, 0.4) is 0 Å². The van der Waals surface area contributed by atoms with Gasteiger partial charge in [-0.1, -0.05) is 56.7 Å². The first kappa shape index (κ1) is 22.5. The SMILES string of the molecule is CCCCc1cccc(-c2cc(NC(=O)C(CC)CC(C)=O)nn2-c2ccccc2)c1. The molecule has 1 N–H and O–H groups in total. The maximum Gasteiger partial charge on any atom is 0.229 e. The molecule has 162 valence electrons. The molecule has 1 heterocycles. The average Bonchev–Trinajstić information content (AvgIpc) is 3.20. The van der Waals surface area contributed by atoms with E-state index in [-0.39, 0.29) is 24.0 Å². The highest BCUT2D eigenvalue weighted by Gasteiger charge is 2.20. The maximum absolute atomic E-state index is 12.7. The fourth-order valence-corrected chi connectivity index (χ4v) is 3.68. The Balaban J connectivity index is 1.96. The minimum Gasteiger partial charge on any atom is -0.309 e. The van der Waals surface area contributed by atoms with E-state index in [4.69, 9.17) is 0 Å². The number of hydrogen-bond donors (Lipinski definition) is 1. The van der Waals surface area contributed by atoms with Gasteiger partial charge in [0.1, 0.15) is 5.78 Å². The fourth-order valence-electron chi connectivity index (χ4n) is 3.68. The summed E-state index contributed by atoms with van der Waals surface area (Å²) in [6, 6.07) is 20.3. The number of aryl methyl sites for hydroxylation is 1. The van der Waals surface area contributed by atoms with Gasteiger partial charge in [-0.05, 0) is 49.9 Å². The highest BCUT2D eigenvalue weighted by Crippen LogP contribution is 2.27. The Hall–Kier alpha value is -3.21. The summed E-state index contributed by atoms with van der Waals surface area (Å²) < 4.78 is 1.86. The number of Topliss-reactive ketones (excluding diaryl/α,β-unsaturated/α-hetero) is 1. The zero-order chi connectivity index (χ0) is 22.2. The van der Waals surface area contributed by atoms with Crippen LogP contribution in [0.1, 0.15) is 52.0 Å². The van der Waals surface area contributed by atoms with Crippen molar-refractivity contribution >= 4 is 17.5 Å². The molecule has 0 saturated carbocycles. The van der Waals surface area contributed by atoms with Crippen LogP contribution in [0.2, 0.25) is 0 Å².